The van der Waals surface area contributed by atoms with Gasteiger partial charge in [-0.2, -0.15) is 0 Å². The minimum Gasteiger partial charge on any atom is -0.506 e. The zero-order valence-electron chi connectivity index (χ0n) is 12.5. The van der Waals surface area contributed by atoms with E-state index in [4.69, 9.17) is 11.6 Å². The molecule has 1 aliphatic heterocycles. The van der Waals surface area contributed by atoms with E-state index in [1.54, 1.807) is 6.07 Å². The SMILES string of the molecule is Oc1c(Cl)cccc1[C@@H](C1CCCCC1)N1CCNCC1. The maximum absolute atomic E-state index is 10.5. The fourth-order valence-corrected chi connectivity index (χ4v) is 4.11. The zero-order valence-corrected chi connectivity index (χ0v) is 13.3. The molecule has 21 heavy (non-hydrogen) atoms. The van der Waals surface area contributed by atoms with Crippen molar-refractivity contribution in [3.8, 4) is 5.75 Å². The Hall–Kier alpha value is -0.770. The maximum atomic E-state index is 10.5. The number of aromatic hydroxyl groups is 1. The molecular weight excluding hydrogens is 284 g/mol. The van der Waals surface area contributed by atoms with Crippen LogP contribution in [0.2, 0.25) is 5.02 Å². The first-order valence-corrected chi connectivity index (χ1v) is 8.57. The molecule has 0 radical (unpaired) electrons. The number of para-hydroxylation sites is 1. The average Bonchev–Trinajstić information content (AvgIpc) is 2.54. The first kappa shape index (κ1) is 15.1. The molecule has 1 saturated carbocycles. The molecule has 4 heteroatoms. The number of phenols is 1. The van der Waals surface area contributed by atoms with Crippen molar-refractivity contribution in [1.29, 1.82) is 0 Å². The highest BCUT2D eigenvalue weighted by atomic mass is 35.5. The highest BCUT2D eigenvalue weighted by molar-refractivity contribution is 6.32. The molecule has 0 spiro atoms. The first-order chi connectivity index (χ1) is 10.3. The van der Waals surface area contributed by atoms with Gasteiger partial charge in [0.25, 0.3) is 0 Å². The molecule has 0 amide bonds. The molecule has 3 rings (SSSR count). The van der Waals surface area contributed by atoms with E-state index in [1.165, 1.54) is 32.1 Å². The van der Waals surface area contributed by atoms with Crippen molar-refractivity contribution in [2.24, 2.45) is 5.92 Å². The van der Waals surface area contributed by atoms with Crippen molar-refractivity contribution in [3.63, 3.8) is 0 Å². The quantitative estimate of drug-likeness (QED) is 0.896. The standard InChI is InChI=1S/C17H25ClN2O/c18-15-8-4-7-14(17(15)21)16(13-5-2-1-3-6-13)20-11-9-19-10-12-20/h4,7-8,13,16,19,21H,1-3,5-6,9-12H2/t16-/m1/s1. The lowest BCUT2D eigenvalue weighted by Gasteiger charge is -2.41. The van der Waals surface area contributed by atoms with Crippen LogP contribution >= 0.6 is 11.6 Å². The maximum Gasteiger partial charge on any atom is 0.138 e. The summed E-state index contributed by atoms with van der Waals surface area (Å²) in [6, 6.07) is 6.11. The van der Waals surface area contributed by atoms with Crippen LogP contribution in [0.15, 0.2) is 18.2 Å². The lowest BCUT2D eigenvalue weighted by Crippen LogP contribution is -2.47. The van der Waals surface area contributed by atoms with Gasteiger partial charge in [-0.15, -0.1) is 0 Å². The zero-order chi connectivity index (χ0) is 14.7. The van der Waals surface area contributed by atoms with Gasteiger partial charge >= 0.3 is 0 Å². The molecule has 116 valence electrons. The van der Waals surface area contributed by atoms with E-state index in [-0.39, 0.29) is 5.75 Å². The van der Waals surface area contributed by atoms with Crippen LogP contribution < -0.4 is 5.32 Å². The Bertz CT molecular complexity index is 450. The summed E-state index contributed by atoms with van der Waals surface area (Å²) in [5.41, 5.74) is 1.02. The summed E-state index contributed by atoms with van der Waals surface area (Å²) < 4.78 is 0. The molecule has 0 aromatic heterocycles. The minimum atomic E-state index is 0.285. The summed E-state index contributed by atoms with van der Waals surface area (Å²) in [5.74, 6) is 0.925. The van der Waals surface area contributed by atoms with Crippen molar-refractivity contribution in [3.05, 3.63) is 28.8 Å². The van der Waals surface area contributed by atoms with Gasteiger partial charge in [-0.1, -0.05) is 43.0 Å². The number of nitrogens with zero attached hydrogens (tertiary/aromatic N) is 1. The molecule has 1 heterocycles. The Morgan fingerprint density at radius 2 is 1.86 bits per heavy atom. The van der Waals surface area contributed by atoms with Crippen molar-refractivity contribution in [2.45, 2.75) is 38.1 Å². The van der Waals surface area contributed by atoms with E-state index < -0.39 is 0 Å². The van der Waals surface area contributed by atoms with E-state index in [0.29, 0.717) is 17.0 Å². The Labute approximate surface area is 132 Å². The molecule has 3 nitrogen and oxygen atoms in total. The summed E-state index contributed by atoms with van der Waals surface area (Å²) >= 11 is 6.15. The number of phenolic OH excluding ortho intramolecular Hbond substituents is 1. The lowest BCUT2D eigenvalue weighted by atomic mass is 9.80. The van der Waals surface area contributed by atoms with Gasteiger partial charge in [0.2, 0.25) is 0 Å². The van der Waals surface area contributed by atoms with Gasteiger partial charge in [0.1, 0.15) is 5.75 Å². The van der Waals surface area contributed by atoms with Crippen LogP contribution in [-0.4, -0.2) is 36.2 Å². The third-order valence-electron chi connectivity index (χ3n) is 4.98. The molecule has 1 saturated heterocycles. The lowest BCUT2D eigenvalue weighted by molar-refractivity contribution is 0.101. The average molecular weight is 309 g/mol. The second kappa shape index (κ2) is 6.99. The number of hydrogen-bond donors (Lipinski definition) is 2. The summed E-state index contributed by atoms with van der Waals surface area (Å²) in [5, 5.41) is 14.4. The first-order valence-electron chi connectivity index (χ1n) is 8.19. The summed E-state index contributed by atoms with van der Waals surface area (Å²) in [4.78, 5) is 2.54. The van der Waals surface area contributed by atoms with Gasteiger partial charge in [-0.3, -0.25) is 4.90 Å². The van der Waals surface area contributed by atoms with Crippen LogP contribution in [-0.2, 0) is 0 Å². The van der Waals surface area contributed by atoms with Gasteiger partial charge in [0, 0.05) is 37.8 Å². The van der Waals surface area contributed by atoms with Gasteiger partial charge in [-0.05, 0) is 24.8 Å². The van der Waals surface area contributed by atoms with Crippen molar-refractivity contribution in [2.75, 3.05) is 26.2 Å². The number of halogens is 1. The normalized spacial score (nSPS) is 23.1. The molecule has 1 aromatic rings. The van der Waals surface area contributed by atoms with Gasteiger partial charge in [0.05, 0.1) is 5.02 Å². The van der Waals surface area contributed by atoms with Crippen LogP contribution in [0, 0.1) is 5.92 Å². The Morgan fingerprint density at radius 3 is 2.57 bits per heavy atom. The molecular formula is C17H25ClN2O. The van der Waals surface area contributed by atoms with E-state index in [1.807, 2.05) is 6.07 Å². The Morgan fingerprint density at radius 1 is 1.14 bits per heavy atom. The fourth-order valence-electron chi connectivity index (χ4n) is 3.93. The molecule has 2 fully saturated rings. The predicted molar refractivity (Wildman–Crippen MR) is 86.9 cm³/mol. The minimum absolute atomic E-state index is 0.285. The van der Waals surface area contributed by atoms with Crippen LogP contribution in [0.3, 0.4) is 0 Å². The molecule has 1 atom stereocenters. The monoisotopic (exact) mass is 308 g/mol. The third-order valence-corrected chi connectivity index (χ3v) is 5.28. The van der Waals surface area contributed by atoms with Crippen molar-refractivity contribution in [1.82, 2.24) is 10.2 Å². The van der Waals surface area contributed by atoms with Gasteiger partial charge in [0.15, 0.2) is 0 Å². The number of piperazine rings is 1. The van der Waals surface area contributed by atoms with Crippen LogP contribution in [0.1, 0.15) is 43.7 Å². The van der Waals surface area contributed by atoms with Crippen LogP contribution in [0.25, 0.3) is 0 Å². The molecule has 2 aliphatic rings. The number of hydrogen-bond acceptors (Lipinski definition) is 3. The number of nitrogens with one attached hydrogen (secondary N) is 1. The predicted octanol–water partition coefficient (Wildman–Crippen LogP) is 3.57. The Kier molecular flexibility index (Phi) is 5.04. The summed E-state index contributed by atoms with van der Waals surface area (Å²) in [7, 11) is 0. The van der Waals surface area contributed by atoms with E-state index in [9.17, 15) is 5.11 Å². The van der Waals surface area contributed by atoms with Gasteiger partial charge in [-0.25, -0.2) is 0 Å². The van der Waals surface area contributed by atoms with Gasteiger partial charge < -0.3 is 10.4 Å². The molecule has 2 N–H and O–H groups in total. The van der Waals surface area contributed by atoms with E-state index in [0.717, 1.165) is 31.7 Å². The second-order valence-electron chi connectivity index (χ2n) is 6.31. The van der Waals surface area contributed by atoms with Crippen LogP contribution in [0.5, 0.6) is 5.75 Å². The summed E-state index contributed by atoms with van der Waals surface area (Å²) in [6.07, 6.45) is 6.51. The highest BCUT2D eigenvalue weighted by Crippen LogP contribution is 2.43. The topological polar surface area (TPSA) is 35.5 Å². The van der Waals surface area contributed by atoms with E-state index >= 15 is 0 Å². The fraction of sp³-hybridized carbons (Fsp3) is 0.647. The summed E-state index contributed by atoms with van der Waals surface area (Å²) in [6.45, 7) is 4.16. The van der Waals surface area contributed by atoms with Crippen molar-refractivity contribution < 1.29 is 5.11 Å². The van der Waals surface area contributed by atoms with Crippen LogP contribution in [0.4, 0.5) is 0 Å². The van der Waals surface area contributed by atoms with E-state index in [2.05, 4.69) is 16.3 Å². The van der Waals surface area contributed by atoms with Crippen molar-refractivity contribution >= 4 is 11.6 Å². The molecule has 1 aliphatic carbocycles. The smallest absolute Gasteiger partial charge is 0.138 e. The molecule has 0 bridgehead atoms. The number of rotatable bonds is 3. The largest absolute Gasteiger partial charge is 0.506 e. The molecule has 1 aromatic carbocycles. The second-order valence-corrected chi connectivity index (χ2v) is 6.71. The Balaban J connectivity index is 1.91. The number of benzene rings is 1. The molecule has 0 unspecified atom stereocenters. The highest BCUT2D eigenvalue weighted by Gasteiger charge is 2.32. The third kappa shape index (κ3) is 3.36.